The van der Waals surface area contributed by atoms with Gasteiger partial charge < -0.3 is 15.4 Å². The van der Waals surface area contributed by atoms with Crippen molar-refractivity contribution >= 4 is 21.9 Å². The molecule has 1 aliphatic heterocycles. The minimum Gasteiger partial charge on any atom is -0.480 e. The van der Waals surface area contributed by atoms with E-state index < -0.39 is 0 Å². The maximum Gasteiger partial charge on any atom is 0.232 e. The van der Waals surface area contributed by atoms with E-state index in [2.05, 4.69) is 30.8 Å². The normalized spacial score (nSPS) is 17.2. The highest BCUT2D eigenvalue weighted by Crippen LogP contribution is 2.25. The van der Waals surface area contributed by atoms with Crippen molar-refractivity contribution in [3.63, 3.8) is 0 Å². The number of hydrogen-bond acceptors (Lipinski definition) is 5. The van der Waals surface area contributed by atoms with E-state index in [9.17, 15) is 0 Å². The highest BCUT2D eigenvalue weighted by atomic mass is 79.9. The summed E-state index contributed by atoms with van der Waals surface area (Å²) < 4.78 is 5.95. The first-order chi connectivity index (χ1) is 8.24. The molecule has 0 amide bonds. The molecule has 5 nitrogen and oxygen atoms in total. The molecule has 0 aromatic carbocycles. The second-order valence-electron chi connectivity index (χ2n) is 4.19. The molecule has 0 spiro atoms. The number of hydrogen-bond donors (Lipinski definition) is 1. The monoisotopic (exact) mass is 300 g/mol. The lowest BCUT2D eigenvalue weighted by Gasteiger charge is -2.31. The fraction of sp³-hybridized carbons (Fsp3) is 0.636. The summed E-state index contributed by atoms with van der Waals surface area (Å²) in [5, 5.41) is 0. The number of anilines is 1. The molecule has 2 N–H and O–H groups in total. The van der Waals surface area contributed by atoms with Gasteiger partial charge in [0.1, 0.15) is 0 Å². The number of nitrogens with two attached hydrogens (primary N) is 1. The lowest BCUT2D eigenvalue weighted by atomic mass is 9.97. The summed E-state index contributed by atoms with van der Waals surface area (Å²) in [6.45, 7) is 2.71. The van der Waals surface area contributed by atoms with Gasteiger partial charge in [-0.2, -0.15) is 4.98 Å². The largest absolute Gasteiger partial charge is 0.480 e. The van der Waals surface area contributed by atoms with E-state index in [1.165, 1.54) is 0 Å². The molecule has 0 saturated carbocycles. The molecule has 1 fully saturated rings. The van der Waals surface area contributed by atoms with Gasteiger partial charge >= 0.3 is 0 Å². The predicted molar refractivity (Wildman–Crippen MR) is 70.3 cm³/mol. The summed E-state index contributed by atoms with van der Waals surface area (Å²) in [5.41, 5.74) is 5.68. The fourth-order valence-electron chi connectivity index (χ4n) is 2.01. The van der Waals surface area contributed by atoms with Crippen LogP contribution in [-0.4, -0.2) is 36.7 Å². The van der Waals surface area contributed by atoms with Crippen LogP contribution in [0.25, 0.3) is 0 Å². The van der Waals surface area contributed by atoms with Gasteiger partial charge in [-0.1, -0.05) is 0 Å². The zero-order valence-electron chi connectivity index (χ0n) is 9.90. The Morgan fingerprint density at radius 1 is 1.53 bits per heavy atom. The zero-order chi connectivity index (χ0) is 12.3. The molecule has 0 radical (unpaired) electrons. The smallest absolute Gasteiger partial charge is 0.232 e. The van der Waals surface area contributed by atoms with Crippen LogP contribution in [0.3, 0.4) is 0 Å². The zero-order valence-corrected chi connectivity index (χ0v) is 11.5. The van der Waals surface area contributed by atoms with Crippen LogP contribution in [-0.2, 0) is 0 Å². The fourth-order valence-corrected chi connectivity index (χ4v) is 2.36. The van der Waals surface area contributed by atoms with Crippen molar-refractivity contribution in [2.24, 2.45) is 11.7 Å². The van der Waals surface area contributed by atoms with Gasteiger partial charge in [0, 0.05) is 13.1 Å². The summed E-state index contributed by atoms with van der Waals surface area (Å²) in [7, 11) is 1.61. The average molecular weight is 301 g/mol. The molecule has 1 aliphatic rings. The maximum atomic E-state index is 5.68. The molecule has 94 valence electrons. The number of piperidine rings is 1. The van der Waals surface area contributed by atoms with Crippen molar-refractivity contribution < 1.29 is 4.74 Å². The van der Waals surface area contributed by atoms with E-state index in [0.29, 0.717) is 11.8 Å². The van der Waals surface area contributed by atoms with Crippen LogP contribution >= 0.6 is 15.9 Å². The van der Waals surface area contributed by atoms with Crippen LogP contribution in [0.2, 0.25) is 0 Å². The van der Waals surface area contributed by atoms with Gasteiger partial charge in [0.25, 0.3) is 0 Å². The lowest BCUT2D eigenvalue weighted by molar-refractivity contribution is 0.388. The van der Waals surface area contributed by atoms with Crippen molar-refractivity contribution in [2.75, 3.05) is 31.6 Å². The van der Waals surface area contributed by atoms with Crippen LogP contribution in [0.5, 0.6) is 5.88 Å². The molecular formula is C11H17BrN4O. The van der Waals surface area contributed by atoms with Gasteiger partial charge in [-0.15, -0.1) is 0 Å². The summed E-state index contributed by atoms with van der Waals surface area (Å²) in [6.07, 6.45) is 3.95. The molecule has 6 heteroatoms. The Balaban J connectivity index is 2.08. The third-order valence-corrected chi connectivity index (χ3v) is 3.67. The minimum absolute atomic E-state index is 0.580. The van der Waals surface area contributed by atoms with Crippen LogP contribution in [0.15, 0.2) is 10.7 Å². The van der Waals surface area contributed by atoms with Gasteiger partial charge in [0.05, 0.1) is 17.8 Å². The molecule has 17 heavy (non-hydrogen) atoms. The molecule has 1 saturated heterocycles. The Morgan fingerprint density at radius 2 is 2.24 bits per heavy atom. The number of nitrogens with zero attached hydrogens (tertiary/aromatic N) is 3. The Morgan fingerprint density at radius 3 is 2.82 bits per heavy atom. The van der Waals surface area contributed by atoms with Gasteiger partial charge in [-0.25, -0.2) is 4.98 Å². The molecule has 0 unspecified atom stereocenters. The summed E-state index contributed by atoms with van der Waals surface area (Å²) in [4.78, 5) is 10.9. The Labute approximate surface area is 110 Å². The van der Waals surface area contributed by atoms with E-state index >= 15 is 0 Å². The molecule has 0 atom stereocenters. The van der Waals surface area contributed by atoms with Crippen molar-refractivity contribution in [1.29, 1.82) is 0 Å². The first-order valence-electron chi connectivity index (χ1n) is 5.76. The number of halogens is 1. The Kier molecular flexibility index (Phi) is 4.17. The molecule has 0 aliphatic carbocycles. The molecule has 1 aromatic heterocycles. The number of rotatable bonds is 3. The van der Waals surface area contributed by atoms with Crippen molar-refractivity contribution in [1.82, 2.24) is 9.97 Å². The lowest BCUT2D eigenvalue weighted by Crippen LogP contribution is -2.37. The quantitative estimate of drug-likeness (QED) is 0.915. The minimum atomic E-state index is 0.580. The summed E-state index contributed by atoms with van der Waals surface area (Å²) in [5.74, 6) is 1.96. The van der Waals surface area contributed by atoms with Gasteiger partial charge in [-0.3, -0.25) is 0 Å². The van der Waals surface area contributed by atoms with E-state index in [0.717, 1.165) is 42.9 Å². The van der Waals surface area contributed by atoms with Gasteiger partial charge in [0.15, 0.2) is 0 Å². The van der Waals surface area contributed by atoms with Crippen molar-refractivity contribution in [2.45, 2.75) is 12.8 Å². The van der Waals surface area contributed by atoms with Crippen molar-refractivity contribution in [3.05, 3.63) is 10.7 Å². The number of methoxy groups -OCH3 is 1. The molecule has 0 bridgehead atoms. The first-order valence-corrected chi connectivity index (χ1v) is 6.55. The second kappa shape index (κ2) is 5.64. The highest BCUT2D eigenvalue weighted by molar-refractivity contribution is 9.10. The molecular weight excluding hydrogens is 284 g/mol. The maximum absolute atomic E-state index is 5.68. The number of ether oxygens (including phenoxy) is 1. The van der Waals surface area contributed by atoms with E-state index in [-0.39, 0.29) is 0 Å². The second-order valence-corrected chi connectivity index (χ2v) is 5.05. The van der Waals surface area contributed by atoms with E-state index in [4.69, 9.17) is 10.5 Å². The van der Waals surface area contributed by atoms with Crippen LogP contribution in [0, 0.1) is 5.92 Å². The third kappa shape index (κ3) is 2.87. The molecule has 1 aromatic rings. The van der Waals surface area contributed by atoms with Crippen LogP contribution in [0.4, 0.5) is 5.95 Å². The van der Waals surface area contributed by atoms with Crippen LogP contribution < -0.4 is 15.4 Å². The Hall–Kier alpha value is -0.880. The van der Waals surface area contributed by atoms with Crippen LogP contribution in [0.1, 0.15) is 12.8 Å². The van der Waals surface area contributed by atoms with Gasteiger partial charge in [0.2, 0.25) is 11.8 Å². The summed E-state index contributed by atoms with van der Waals surface area (Å²) >= 11 is 3.35. The first kappa shape index (κ1) is 12.6. The number of aromatic nitrogens is 2. The average Bonchev–Trinajstić information content (AvgIpc) is 2.39. The molecule has 2 heterocycles. The standard InChI is InChI=1S/C11H17BrN4O/c1-17-10-9(12)7-14-11(15-10)16-4-2-8(6-13)3-5-16/h7-8H,2-6,13H2,1H3. The van der Waals surface area contributed by atoms with Crippen molar-refractivity contribution in [3.8, 4) is 5.88 Å². The van der Waals surface area contributed by atoms with E-state index in [1.807, 2.05) is 0 Å². The topological polar surface area (TPSA) is 64.3 Å². The predicted octanol–water partition coefficient (Wildman–Crippen LogP) is 1.42. The highest BCUT2D eigenvalue weighted by Gasteiger charge is 2.20. The third-order valence-electron chi connectivity index (χ3n) is 3.12. The SMILES string of the molecule is COc1nc(N2CCC(CN)CC2)ncc1Br. The van der Waals surface area contributed by atoms with E-state index in [1.54, 1.807) is 13.3 Å². The summed E-state index contributed by atoms with van der Waals surface area (Å²) in [6, 6.07) is 0. The Bertz CT molecular complexity index is 380. The molecule has 2 rings (SSSR count). The van der Waals surface area contributed by atoms with Gasteiger partial charge in [-0.05, 0) is 41.2 Å².